The quantitative estimate of drug-likeness (QED) is 0.503. The monoisotopic (exact) mass is 539 g/mol. The van der Waals surface area contributed by atoms with Crippen molar-refractivity contribution in [3.8, 4) is 0 Å². The maximum Gasteiger partial charge on any atom is 0.416 e. The predicted octanol–water partition coefficient (Wildman–Crippen LogP) is 5.00. The molecule has 0 aliphatic carbocycles. The van der Waals surface area contributed by atoms with Crippen LogP contribution in [0.1, 0.15) is 48.8 Å². The number of carbonyl (C=O) groups excluding carboxylic acids is 1. The maximum absolute atomic E-state index is 12.8. The molecule has 2 fully saturated rings. The second kappa shape index (κ2) is 12.8. The van der Waals surface area contributed by atoms with E-state index in [2.05, 4.69) is 10.1 Å². The molecule has 0 bridgehead atoms. The first-order valence-corrected chi connectivity index (χ1v) is 12.3. The number of carbonyl (C=O) groups is 1. The van der Waals surface area contributed by atoms with Crippen LogP contribution in [0, 0.1) is 0 Å². The van der Waals surface area contributed by atoms with Gasteiger partial charge >= 0.3 is 6.18 Å². The normalized spacial score (nSPS) is 18.2. The molecule has 0 unspecified atom stereocenters. The Morgan fingerprint density at radius 1 is 1.00 bits per heavy atom. The fraction of sp³-hybridized carbons (Fsp3) is 0.481. The number of aliphatic hydroxyl groups is 1. The van der Waals surface area contributed by atoms with E-state index in [1.165, 1.54) is 6.07 Å². The number of likely N-dealkylation sites (tertiary alicyclic amines) is 2. The maximum atomic E-state index is 12.8. The van der Waals surface area contributed by atoms with Gasteiger partial charge in [-0.15, -0.1) is 12.4 Å². The summed E-state index contributed by atoms with van der Waals surface area (Å²) >= 11 is 0. The van der Waals surface area contributed by atoms with Crippen LogP contribution >= 0.6 is 12.4 Å². The number of hydrogen-bond donors (Lipinski definition) is 1. The fourth-order valence-electron chi connectivity index (χ4n) is 4.74. The summed E-state index contributed by atoms with van der Waals surface area (Å²) in [6, 6.07) is 14.8. The third-order valence-electron chi connectivity index (χ3n) is 7.01. The number of halogens is 4. The van der Waals surface area contributed by atoms with E-state index in [1.807, 2.05) is 35.2 Å². The van der Waals surface area contributed by atoms with Gasteiger partial charge in [0.1, 0.15) is 6.61 Å². The van der Waals surface area contributed by atoms with E-state index >= 15 is 0 Å². The van der Waals surface area contributed by atoms with Gasteiger partial charge in [-0.3, -0.25) is 4.79 Å². The molecule has 1 N–H and O–H groups in total. The Bertz CT molecular complexity index is 1050. The summed E-state index contributed by atoms with van der Waals surface area (Å²) < 4.78 is 38.5. The first-order chi connectivity index (χ1) is 17.2. The molecule has 2 aliphatic rings. The Labute approximate surface area is 221 Å². The number of alkyl halides is 3. The lowest BCUT2D eigenvalue weighted by Gasteiger charge is -2.38. The molecule has 0 aromatic heterocycles. The first kappa shape index (κ1) is 28.9. The van der Waals surface area contributed by atoms with Crippen LogP contribution in [-0.4, -0.2) is 59.2 Å². The van der Waals surface area contributed by atoms with E-state index < -0.39 is 17.3 Å². The average Bonchev–Trinajstić information content (AvgIpc) is 2.89. The van der Waals surface area contributed by atoms with Crippen LogP contribution in [0.4, 0.5) is 13.2 Å². The average molecular weight is 540 g/mol. The lowest BCUT2D eigenvalue weighted by molar-refractivity contribution is -0.137. The van der Waals surface area contributed by atoms with Gasteiger partial charge in [0.05, 0.1) is 16.9 Å². The van der Waals surface area contributed by atoms with Gasteiger partial charge in [0, 0.05) is 52.0 Å². The fourth-order valence-corrected chi connectivity index (χ4v) is 4.74. The molecule has 0 atom stereocenters. The summed E-state index contributed by atoms with van der Waals surface area (Å²) in [6.07, 6.45) is -1.49. The van der Waals surface area contributed by atoms with Crippen LogP contribution in [-0.2, 0) is 28.0 Å². The highest BCUT2D eigenvalue weighted by Crippen LogP contribution is 2.33. The van der Waals surface area contributed by atoms with E-state index in [-0.39, 0.29) is 24.9 Å². The van der Waals surface area contributed by atoms with Crippen LogP contribution in [0.3, 0.4) is 0 Å². The van der Waals surface area contributed by atoms with Crippen molar-refractivity contribution in [2.45, 2.75) is 50.5 Å². The molecule has 2 saturated heterocycles. The minimum absolute atomic E-state index is 0. The second-order valence-corrected chi connectivity index (χ2v) is 9.50. The topological polar surface area (TPSA) is 65.4 Å². The van der Waals surface area contributed by atoms with Gasteiger partial charge in [0.25, 0.3) is 0 Å². The SMILES string of the molecule is Cl.O=C(CCN1CCC(O)(c2ccccc2)CC1)N1CCC(=NOCc2cccc(C(F)(F)F)c2)CC1. The van der Waals surface area contributed by atoms with Crippen molar-refractivity contribution >= 4 is 24.0 Å². The molecule has 37 heavy (non-hydrogen) atoms. The summed E-state index contributed by atoms with van der Waals surface area (Å²) in [5.41, 5.74) is 0.655. The first-order valence-electron chi connectivity index (χ1n) is 12.3. The highest BCUT2D eigenvalue weighted by atomic mass is 35.5. The molecule has 1 amide bonds. The molecule has 0 spiro atoms. The highest BCUT2D eigenvalue weighted by molar-refractivity contribution is 5.87. The Balaban J connectivity index is 0.00000380. The Hall–Kier alpha value is -2.62. The Morgan fingerprint density at radius 2 is 1.68 bits per heavy atom. The zero-order chi connectivity index (χ0) is 25.6. The molecule has 4 rings (SSSR count). The second-order valence-electron chi connectivity index (χ2n) is 9.50. The van der Waals surface area contributed by atoms with Gasteiger partial charge in [-0.05, 0) is 36.1 Å². The van der Waals surface area contributed by atoms with Crippen LogP contribution in [0.15, 0.2) is 59.8 Å². The summed E-state index contributed by atoms with van der Waals surface area (Å²) in [5, 5.41) is 15.1. The van der Waals surface area contributed by atoms with E-state index in [9.17, 15) is 23.1 Å². The standard InChI is InChI=1S/C27H32F3N3O3.ClH/c28-27(29,30)23-8-4-5-21(19-23)20-36-31-24-9-15-33(16-10-24)25(34)11-14-32-17-12-26(35,13-18-32)22-6-2-1-3-7-22;/h1-8,19,35H,9-18,20H2;1H. The van der Waals surface area contributed by atoms with E-state index in [4.69, 9.17) is 4.84 Å². The van der Waals surface area contributed by atoms with Crippen LogP contribution in [0.2, 0.25) is 0 Å². The molecular formula is C27H33ClF3N3O3. The van der Waals surface area contributed by atoms with Crippen LogP contribution in [0.5, 0.6) is 0 Å². The van der Waals surface area contributed by atoms with Crippen molar-refractivity contribution < 1.29 is 27.9 Å². The van der Waals surface area contributed by atoms with Crippen molar-refractivity contribution in [1.29, 1.82) is 0 Å². The largest absolute Gasteiger partial charge is 0.416 e. The van der Waals surface area contributed by atoms with E-state index in [1.54, 1.807) is 6.07 Å². The van der Waals surface area contributed by atoms with Crippen molar-refractivity contribution in [2.75, 3.05) is 32.7 Å². The lowest BCUT2D eigenvalue weighted by Crippen LogP contribution is -2.44. The van der Waals surface area contributed by atoms with Crippen LogP contribution in [0.25, 0.3) is 0 Å². The molecule has 202 valence electrons. The number of benzene rings is 2. The molecule has 0 saturated carbocycles. The number of hydrogen-bond acceptors (Lipinski definition) is 5. The van der Waals surface area contributed by atoms with Crippen molar-refractivity contribution in [3.05, 3.63) is 71.3 Å². The van der Waals surface area contributed by atoms with Crippen molar-refractivity contribution in [1.82, 2.24) is 9.80 Å². The Kier molecular flexibility index (Phi) is 9.98. The van der Waals surface area contributed by atoms with Gasteiger partial charge in [-0.1, -0.05) is 47.6 Å². The van der Waals surface area contributed by atoms with Gasteiger partial charge in [-0.2, -0.15) is 13.2 Å². The number of piperidine rings is 2. The smallest absolute Gasteiger partial charge is 0.391 e. The highest BCUT2D eigenvalue weighted by Gasteiger charge is 2.34. The summed E-state index contributed by atoms with van der Waals surface area (Å²) in [6.45, 7) is 3.24. The molecule has 2 aromatic rings. The zero-order valence-corrected chi connectivity index (χ0v) is 21.4. The lowest BCUT2D eigenvalue weighted by atomic mass is 9.84. The summed E-state index contributed by atoms with van der Waals surface area (Å²) in [7, 11) is 0. The number of oxime groups is 1. The number of amides is 1. The molecule has 6 nitrogen and oxygen atoms in total. The molecular weight excluding hydrogens is 507 g/mol. The summed E-state index contributed by atoms with van der Waals surface area (Å²) in [5.74, 6) is 0.0998. The molecule has 2 aliphatic heterocycles. The van der Waals surface area contributed by atoms with Gasteiger partial charge in [0.15, 0.2) is 0 Å². The third-order valence-corrected chi connectivity index (χ3v) is 7.01. The predicted molar refractivity (Wildman–Crippen MR) is 137 cm³/mol. The number of rotatable bonds is 7. The molecule has 2 aromatic carbocycles. The summed E-state index contributed by atoms with van der Waals surface area (Å²) in [4.78, 5) is 22.0. The van der Waals surface area contributed by atoms with Crippen molar-refractivity contribution in [2.24, 2.45) is 5.16 Å². The van der Waals surface area contributed by atoms with Gasteiger partial charge < -0.3 is 19.7 Å². The minimum atomic E-state index is -4.39. The molecule has 10 heteroatoms. The molecule has 0 radical (unpaired) electrons. The van der Waals surface area contributed by atoms with Crippen LogP contribution < -0.4 is 0 Å². The zero-order valence-electron chi connectivity index (χ0n) is 20.6. The number of nitrogens with zero attached hydrogens (tertiary/aromatic N) is 3. The Morgan fingerprint density at radius 3 is 2.32 bits per heavy atom. The third kappa shape index (κ3) is 7.93. The van der Waals surface area contributed by atoms with Gasteiger partial charge in [0.2, 0.25) is 5.91 Å². The van der Waals surface area contributed by atoms with E-state index in [0.717, 1.165) is 36.5 Å². The van der Waals surface area contributed by atoms with Crippen molar-refractivity contribution in [3.63, 3.8) is 0 Å². The van der Waals surface area contributed by atoms with Gasteiger partial charge in [-0.25, -0.2) is 0 Å². The van der Waals surface area contributed by atoms with E-state index in [0.29, 0.717) is 57.3 Å². The molecule has 2 heterocycles. The minimum Gasteiger partial charge on any atom is -0.391 e.